The molecule has 1 aromatic heterocycles. The Bertz CT molecular complexity index is 3550. The summed E-state index contributed by atoms with van der Waals surface area (Å²) in [6.45, 7) is 2.31. The Morgan fingerprint density at radius 2 is 1.02 bits per heavy atom. The number of fused-ring (bicyclic) bond motifs is 7. The Morgan fingerprint density at radius 1 is 0.413 bits per heavy atom. The van der Waals surface area contributed by atoms with E-state index in [9.17, 15) is 0 Å². The van der Waals surface area contributed by atoms with Gasteiger partial charge in [0, 0.05) is 33.4 Å². The molecule has 0 N–H and O–H groups in total. The Hall–Kier alpha value is -7.94. The normalized spacial score (nSPS) is 13.5. The van der Waals surface area contributed by atoms with Gasteiger partial charge in [-0.1, -0.05) is 183 Å². The fourth-order valence-corrected chi connectivity index (χ4v) is 9.90. The first-order chi connectivity index (χ1) is 31.1. The van der Waals surface area contributed by atoms with Crippen LogP contribution in [0.1, 0.15) is 18.1 Å². The van der Waals surface area contributed by atoms with E-state index in [-0.39, 0.29) is 0 Å². The van der Waals surface area contributed by atoms with Crippen molar-refractivity contribution in [3.8, 4) is 44.5 Å². The number of furan rings is 1. The fraction of sp³-hybridized carbons (Fsp3) is 0.0492. The molecule has 2 nitrogen and oxygen atoms in total. The van der Waals surface area contributed by atoms with Gasteiger partial charge in [0.15, 0.2) is 0 Å². The van der Waals surface area contributed by atoms with E-state index in [0.717, 1.165) is 56.5 Å². The molecule has 0 spiro atoms. The van der Waals surface area contributed by atoms with Crippen molar-refractivity contribution in [2.45, 2.75) is 13.3 Å². The van der Waals surface area contributed by atoms with E-state index >= 15 is 0 Å². The fourth-order valence-electron chi connectivity index (χ4n) is 9.90. The van der Waals surface area contributed by atoms with Crippen LogP contribution in [0, 0.1) is 5.92 Å². The molecule has 0 saturated carbocycles. The summed E-state index contributed by atoms with van der Waals surface area (Å²) in [7, 11) is 0. The van der Waals surface area contributed by atoms with Crippen molar-refractivity contribution in [2.75, 3.05) is 4.90 Å². The summed E-state index contributed by atoms with van der Waals surface area (Å²) in [6.07, 6.45) is 5.69. The van der Waals surface area contributed by atoms with Crippen LogP contribution in [0.15, 0.2) is 223 Å². The third-order valence-electron chi connectivity index (χ3n) is 13.0. The lowest BCUT2D eigenvalue weighted by atomic mass is 9.85. The van der Waals surface area contributed by atoms with Crippen LogP contribution in [0.2, 0.25) is 0 Å². The van der Waals surface area contributed by atoms with Crippen molar-refractivity contribution in [3.63, 3.8) is 0 Å². The molecule has 0 amide bonds. The SMILES string of the molecule is CC1C=Cc2ccc3c(-c4ccc(N(c5ccc(-c6cccc(-c7cccc8ccccc78)c6)cc5)c5cccc(-c6cccc7c6oc6ccccc67)c5)cc4)cccc3c2C1. The van der Waals surface area contributed by atoms with Crippen LogP contribution in [0.5, 0.6) is 0 Å². The van der Waals surface area contributed by atoms with Crippen LogP contribution >= 0.6 is 0 Å². The van der Waals surface area contributed by atoms with Crippen molar-refractivity contribution >= 4 is 66.6 Å². The van der Waals surface area contributed by atoms with E-state index in [4.69, 9.17) is 4.42 Å². The summed E-state index contributed by atoms with van der Waals surface area (Å²) in [6, 6.07) is 77.2. The second-order valence-corrected chi connectivity index (χ2v) is 16.9. The van der Waals surface area contributed by atoms with Gasteiger partial charge in [-0.3, -0.25) is 0 Å². The second kappa shape index (κ2) is 15.2. The van der Waals surface area contributed by atoms with E-state index in [1.807, 2.05) is 12.1 Å². The molecule has 12 rings (SSSR count). The van der Waals surface area contributed by atoms with Gasteiger partial charge in [-0.15, -0.1) is 0 Å². The Morgan fingerprint density at radius 3 is 1.84 bits per heavy atom. The van der Waals surface area contributed by atoms with Crippen molar-refractivity contribution in [1.29, 1.82) is 0 Å². The molecule has 1 heterocycles. The number of rotatable bonds is 7. The highest BCUT2D eigenvalue weighted by Crippen LogP contribution is 2.42. The third kappa shape index (κ3) is 6.51. The topological polar surface area (TPSA) is 16.4 Å². The largest absolute Gasteiger partial charge is 0.455 e. The van der Waals surface area contributed by atoms with Crippen LogP contribution in [-0.2, 0) is 6.42 Å². The molecule has 298 valence electrons. The Kier molecular flexibility index (Phi) is 8.90. The monoisotopic (exact) mass is 805 g/mol. The molecule has 0 fully saturated rings. The first-order valence-electron chi connectivity index (χ1n) is 22.0. The van der Waals surface area contributed by atoms with E-state index in [2.05, 4.69) is 224 Å². The van der Waals surface area contributed by atoms with Gasteiger partial charge in [0.25, 0.3) is 0 Å². The number of allylic oxidation sites excluding steroid dienone is 1. The minimum absolute atomic E-state index is 0.538. The minimum Gasteiger partial charge on any atom is -0.455 e. The number of anilines is 3. The average Bonchev–Trinajstić information content (AvgIpc) is 3.73. The van der Waals surface area contributed by atoms with Crippen molar-refractivity contribution in [1.82, 2.24) is 0 Å². The molecule has 0 aliphatic heterocycles. The van der Waals surface area contributed by atoms with Gasteiger partial charge in [-0.25, -0.2) is 0 Å². The second-order valence-electron chi connectivity index (χ2n) is 16.9. The zero-order valence-electron chi connectivity index (χ0n) is 35.0. The molecule has 1 unspecified atom stereocenters. The number of benzene rings is 10. The summed E-state index contributed by atoms with van der Waals surface area (Å²) >= 11 is 0. The van der Waals surface area contributed by atoms with Gasteiger partial charge in [0.1, 0.15) is 11.2 Å². The molecule has 1 aliphatic rings. The summed E-state index contributed by atoms with van der Waals surface area (Å²) in [5.41, 5.74) is 17.3. The smallest absolute Gasteiger partial charge is 0.143 e. The maximum Gasteiger partial charge on any atom is 0.143 e. The highest BCUT2D eigenvalue weighted by molar-refractivity contribution is 6.10. The van der Waals surface area contributed by atoms with Crippen LogP contribution in [0.3, 0.4) is 0 Å². The molecule has 1 aliphatic carbocycles. The van der Waals surface area contributed by atoms with Gasteiger partial charge >= 0.3 is 0 Å². The predicted molar refractivity (Wildman–Crippen MR) is 267 cm³/mol. The molecule has 1 atom stereocenters. The zero-order chi connectivity index (χ0) is 41.9. The van der Waals surface area contributed by atoms with E-state index < -0.39 is 0 Å². The summed E-state index contributed by atoms with van der Waals surface area (Å²) in [5, 5.41) is 7.42. The number of hydrogen-bond donors (Lipinski definition) is 0. The quantitative estimate of drug-likeness (QED) is 0.160. The van der Waals surface area contributed by atoms with E-state index in [1.165, 1.54) is 66.1 Å². The highest BCUT2D eigenvalue weighted by atomic mass is 16.3. The van der Waals surface area contributed by atoms with Gasteiger partial charge in [-0.2, -0.15) is 0 Å². The van der Waals surface area contributed by atoms with Crippen molar-refractivity contribution < 1.29 is 4.42 Å². The lowest BCUT2D eigenvalue weighted by Gasteiger charge is -2.26. The molecule has 10 aromatic carbocycles. The zero-order valence-corrected chi connectivity index (χ0v) is 35.0. The molecule has 0 bridgehead atoms. The molecular weight excluding hydrogens is 763 g/mol. The summed E-state index contributed by atoms with van der Waals surface area (Å²) in [5.74, 6) is 0.538. The predicted octanol–water partition coefficient (Wildman–Crippen LogP) is 17.2. The minimum atomic E-state index is 0.538. The molecule has 63 heavy (non-hydrogen) atoms. The lowest BCUT2D eigenvalue weighted by Crippen LogP contribution is -2.10. The molecule has 11 aromatic rings. The van der Waals surface area contributed by atoms with Gasteiger partial charge < -0.3 is 9.32 Å². The lowest BCUT2D eigenvalue weighted by molar-refractivity contribution is 0.670. The molecule has 0 radical (unpaired) electrons. The summed E-state index contributed by atoms with van der Waals surface area (Å²) < 4.78 is 6.53. The van der Waals surface area contributed by atoms with Crippen LogP contribution < -0.4 is 4.90 Å². The van der Waals surface area contributed by atoms with E-state index in [1.54, 1.807) is 0 Å². The van der Waals surface area contributed by atoms with E-state index in [0.29, 0.717) is 5.92 Å². The third-order valence-corrected chi connectivity index (χ3v) is 13.0. The van der Waals surface area contributed by atoms with Crippen LogP contribution in [-0.4, -0.2) is 0 Å². The number of hydrogen-bond acceptors (Lipinski definition) is 2. The number of nitrogens with zero attached hydrogens (tertiary/aromatic N) is 1. The Balaban J connectivity index is 0.952. The van der Waals surface area contributed by atoms with Crippen molar-refractivity contribution in [3.05, 3.63) is 230 Å². The summed E-state index contributed by atoms with van der Waals surface area (Å²) in [4.78, 5) is 2.37. The van der Waals surface area contributed by atoms with Gasteiger partial charge in [0.2, 0.25) is 0 Å². The highest BCUT2D eigenvalue weighted by Gasteiger charge is 2.19. The van der Waals surface area contributed by atoms with Gasteiger partial charge in [0.05, 0.1) is 0 Å². The first-order valence-corrected chi connectivity index (χ1v) is 22.0. The molecule has 2 heteroatoms. The standard InChI is InChI=1S/C61H43NO/c1-40-25-26-44-31-36-56-52(20-9-22-55(56)59(44)37-40)43-29-34-49(35-30-43)62(50-16-7-15-47(39-50)54-21-10-23-58-57-18-4-5-24-60(57)63-61(54)58)48-32-27-41(28-33-48)45-13-6-14-46(38-45)53-19-8-12-42-11-2-3-17-51(42)53/h2-36,38-40H,37H2,1H3. The first kappa shape index (κ1) is 36.9. The average molecular weight is 806 g/mol. The number of para-hydroxylation sites is 2. The van der Waals surface area contributed by atoms with Crippen LogP contribution in [0.25, 0.3) is 94.1 Å². The Labute approximate surface area is 367 Å². The van der Waals surface area contributed by atoms with Crippen LogP contribution in [0.4, 0.5) is 17.1 Å². The van der Waals surface area contributed by atoms with Crippen molar-refractivity contribution in [2.24, 2.45) is 5.92 Å². The maximum atomic E-state index is 6.53. The van der Waals surface area contributed by atoms with Gasteiger partial charge in [-0.05, 0) is 132 Å². The molecule has 0 saturated heterocycles. The maximum absolute atomic E-state index is 6.53. The molecular formula is C61H43NO.